The summed E-state index contributed by atoms with van der Waals surface area (Å²) in [4.78, 5) is 18.4. The lowest BCUT2D eigenvalue weighted by atomic mass is 9.95. The van der Waals surface area contributed by atoms with Gasteiger partial charge in [0.15, 0.2) is 0 Å². The fourth-order valence-corrected chi connectivity index (χ4v) is 7.34. The molecule has 1 N–H and O–H groups in total. The van der Waals surface area contributed by atoms with Crippen LogP contribution in [0.4, 0.5) is 10.5 Å². The predicted molar refractivity (Wildman–Crippen MR) is 132 cm³/mol. The van der Waals surface area contributed by atoms with Crippen molar-refractivity contribution in [1.29, 1.82) is 0 Å². The van der Waals surface area contributed by atoms with E-state index in [9.17, 15) is 4.79 Å². The number of amides is 2. The highest BCUT2D eigenvalue weighted by molar-refractivity contribution is 7.15. The van der Waals surface area contributed by atoms with Crippen LogP contribution in [0.25, 0.3) is 5.00 Å². The van der Waals surface area contributed by atoms with E-state index >= 15 is 0 Å². The van der Waals surface area contributed by atoms with Gasteiger partial charge in [0.1, 0.15) is 11.0 Å². The molecule has 1 aromatic carbocycles. The minimum atomic E-state index is -0.150. The Bertz CT molecular complexity index is 1290. The van der Waals surface area contributed by atoms with E-state index in [4.69, 9.17) is 11.6 Å². The second-order valence-electron chi connectivity index (χ2n) is 8.28. The number of nitrogens with zero attached hydrogens (tertiary/aromatic N) is 2. The molecule has 1 aliphatic carbocycles. The number of fused-ring (bicyclic) bond motifs is 5. The van der Waals surface area contributed by atoms with Gasteiger partial charge >= 0.3 is 6.03 Å². The third-order valence-corrected chi connectivity index (χ3v) is 8.82. The number of thiophene rings is 2. The molecule has 7 heteroatoms. The number of aromatic nitrogens is 1. The molecule has 0 saturated carbocycles. The Morgan fingerprint density at radius 3 is 2.81 bits per heavy atom. The maximum Gasteiger partial charge on any atom is 0.323 e. The van der Waals surface area contributed by atoms with Crippen molar-refractivity contribution in [2.75, 3.05) is 5.32 Å². The average molecular weight is 480 g/mol. The highest BCUT2D eigenvalue weighted by Crippen LogP contribution is 2.44. The van der Waals surface area contributed by atoms with Crippen LogP contribution in [-0.4, -0.2) is 15.5 Å². The molecular weight excluding hydrogens is 458 g/mol. The Hall–Kier alpha value is -2.54. The van der Waals surface area contributed by atoms with Crippen molar-refractivity contribution in [3.05, 3.63) is 91.7 Å². The molecule has 0 saturated heterocycles. The molecule has 1 aliphatic heterocycles. The normalized spacial score (nSPS) is 17.3. The fourth-order valence-electron chi connectivity index (χ4n) is 4.89. The van der Waals surface area contributed by atoms with Gasteiger partial charge in [-0.3, -0.25) is 0 Å². The largest absolute Gasteiger partial charge is 0.323 e. The van der Waals surface area contributed by atoms with Gasteiger partial charge in [-0.15, -0.1) is 22.7 Å². The van der Waals surface area contributed by atoms with Crippen LogP contribution in [0, 0.1) is 0 Å². The van der Waals surface area contributed by atoms with Crippen molar-refractivity contribution in [2.45, 2.75) is 38.3 Å². The Morgan fingerprint density at radius 1 is 1.06 bits per heavy atom. The zero-order valence-corrected chi connectivity index (χ0v) is 19.8. The van der Waals surface area contributed by atoms with Gasteiger partial charge in [-0.05, 0) is 73.0 Å². The van der Waals surface area contributed by atoms with Crippen LogP contribution in [-0.2, 0) is 19.4 Å². The molecule has 3 aromatic heterocycles. The van der Waals surface area contributed by atoms with E-state index in [1.807, 2.05) is 34.4 Å². The van der Waals surface area contributed by atoms with Gasteiger partial charge in [-0.1, -0.05) is 23.7 Å². The third kappa shape index (κ3) is 3.38. The van der Waals surface area contributed by atoms with E-state index in [-0.39, 0.29) is 12.1 Å². The molecule has 0 bridgehead atoms. The average Bonchev–Trinajstić information content (AvgIpc) is 3.53. The summed E-state index contributed by atoms with van der Waals surface area (Å²) in [6.45, 7) is 0.595. The summed E-state index contributed by atoms with van der Waals surface area (Å²) in [7, 11) is 0. The summed E-state index contributed by atoms with van der Waals surface area (Å²) in [5.74, 6) is 0. The number of anilines is 1. The zero-order valence-electron chi connectivity index (χ0n) is 17.4. The van der Waals surface area contributed by atoms with Crippen molar-refractivity contribution < 1.29 is 4.79 Å². The molecule has 6 rings (SSSR count). The van der Waals surface area contributed by atoms with E-state index in [1.54, 1.807) is 17.4 Å². The van der Waals surface area contributed by atoms with Crippen LogP contribution in [0.5, 0.6) is 0 Å². The third-order valence-electron chi connectivity index (χ3n) is 6.33. The lowest BCUT2D eigenvalue weighted by Gasteiger charge is -2.30. The quantitative estimate of drug-likeness (QED) is 0.322. The van der Waals surface area contributed by atoms with Crippen molar-refractivity contribution in [1.82, 2.24) is 9.47 Å². The summed E-state index contributed by atoms with van der Waals surface area (Å²) in [5, 5.41) is 7.06. The Morgan fingerprint density at radius 2 is 1.97 bits per heavy atom. The predicted octanol–water partition coefficient (Wildman–Crippen LogP) is 7.27. The number of rotatable bonds is 2. The van der Waals surface area contributed by atoms with E-state index in [1.165, 1.54) is 33.8 Å². The number of hydrogen-bond donors (Lipinski definition) is 1. The summed E-state index contributed by atoms with van der Waals surface area (Å²) in [5.41, 5.74) is 4.61. The van der Waals surface area contributed by atoms with E-state index in [2.05, 4.69) is 45.7 Å². The van der Waals surface area contributed by atoms with Gasteiger partial charge in [0, 0.05) is 32.2 Å². The Kier molecular flexibility index (Phi) is 5.09. The molecule has 4 heterocycles. The topological polar surface area (TPSA) is 37.3 Å². The SMILES string of the molecule is O=C(Nc1cccc(Cl)c1)N1Cc2c(sc3c2CCCC3)-n2cccc2[C@@H]1c1cccs1. The van der Waals surface area contributed by atoms with Gasteiger partial charge in [0.25, 0.3) is 0 Å². The minimum Gasteiger partial charge on any atom is -0.310 e. The van der Waals surface area contributed by atoms with Crippen LogP contribution in [0.3, 0.4) is 0 Å². The highest BCUT2D eigenvalue weighted by Gasteiger charge is 2.36. The fraction of sp³-hybridized carbons (Fsp3) is 0.240. The number of aryl methyl sites for hydroxylation is 1. The first-order valence-corrected chi connectivity index (χ1v) is 12.9. The maximum absolute atomic E-state index is 13.7. The van der Waals surface area contributed by atoms with E-state index in [0.717, 1.165) is 23.4 Å². The minimum absolute atomic E-state index is 0.109. The molecule has 0 unspecified atom stereocenters. The molecule has 162 valence electrons. The number of urea groups is 1. The van der Waals surface area contributed by atoms with Crippen LogP contribution < -0.4 is 5.32 Å². The van der Waals surface area contributed by atoms with Gasteiger partial charge in [-0.25, -0.2) is 4.79 Å². The first kappa shape index (κ1) is 20.1. The standard InChI is InChI=1S/C25H22ClN3OS2/c26-16-6-3-7-17(14-16)27-25(30)29-15-19-18-8-1-2-10-21(18)32-24(19)28-12-4-9-20(28)23(29)22-11-5-13-31-22/h3-7,9,11-14,23H,1-2,8,10,15H2,(H,27,30)/t23-/m1/s1. The summed E-state index contributed by atoms with van der Waals surface area (Å²) in [6.07, 6.45) is 6.87. The summed E-state index contributed by atoms with van der Waals surface area (Å²) < 4.78 is 2.31. The Labute approximate surface area is 200 Å². The van der Waals surface area contributed by atoms with Gasteiger partial charge in [0.2, 0.25) is 0 Å². The second kappa shape index (κ2) is 8.10. The lowest BCUT2D eigenvalue weighted by molar-refractivity contribution is 0.195. The van der Waals surface area contributed by atoms with Crippen LogP contribution in [0.15, 0.2) is 60.1 Å². The number of nitrogens with one attached hydrogen (secondary N) is 1. The van der Waals surface area contributed by atoms with E-state index in [0.29, 0.717) is 17.3 Å². The van der Waals surface area contributed by atoms with Crippen molar-refractivity contribution in [3.63, 3.8) is 0 Å². The molecule has 4 nitrogen and oxygen atoms in total. The van der Waals surface area contributed by atoms with Gasteiger partial charge < -0.3 is 14.8 Å². The molecule has 0 spiro atoms. The zero-order chi connectivity index (χ0) is 21.7. The van der Waals surface area contributed by atoms with Crippen LogP contribution in [0.1, 0.15) is 45.5 Å². The molecule has 32 heavy (non-hydrogen) atoms. The van der Waals surface area contributed by atoms with Gasteiger partial charge in [-0.2, -0.15) is 0 Å². The second-order valence-corrected chi connectivity index (χ2v) is 10.8. The summed E-state index contributed by atoms with van der Waals surface area (Å²) in [6, 6.07) is 15.5. The smallest absolute Gasteiger partial charge is 0.310 e. The molecule has 0 radical (unpaired) electrons. The maximum atomic E-state index is 13.7. The van der Waals surface area contributed by atoms with Crippen molar-refractivity contribution >= 4 is 46.0 Å². The van der Waals surface area contributed by atoms with Crippen molar-refractivity contribution in [3.8, 4) is 5.00 Å². The monoisotopic (exact) mass is 479 g/mol. The molecular formula is C25H22ClN3OS2. The van der Waals surface area contributed by atoms with E-state index < -0.39 is 0 Å². The van der Waals surface area contributed by atoms with Gasteiger partial charge in [0.05, 0.1) is 12.2 Å². The molecule has 2 aliphatic rings. The number of carbonyl (C=O) groups excluding carboxylic acids is 1. The molecule has 4 aromatic rings. The molecule has 0 fully saturated rings. The lowest BCUT2D eigenvalue weighted by Crippen LogP contribution is -2.37. The van der Waals surface area contributed by atoms with Crippen molar-refractivity contribution in [2.24, 2.45) is 0 Å². The highest BCUT2D eigenvalue weighted by atomic mass is 35.5. The summed E-state index contributed by atoms with van der Waals surface area (Å²) >= 11 is 9.77. The number of carbonyl (C=O) groups is 1. The van der Waals surface area contributed by atoms with Crippen LogP contribution in [0.2, 0.25) is 5.02 Å². The number of halogens is 1. The Balaban J connectivity index is 1.49. The number of benzene rings is 1. The first-order chi connectivity index (χ1) is 15.7. The van der Waals surface area contributed by atoms with Crippen LogP contribution >= 0.6 is 34.3 Å². The number of hydrogen-bond acceptors (Lipinski definition) is 3. The molecule has 2 amide bonds. The first-order valence-electron chi connectivity index (χ1n) is 10.9. The molecule has 1 atom stereocenters.